The Labute approximate surface area is 196 Å². The van der Waals surface area contributed by atoms with Crippen molar-refractivity contribution in [1.82, 2.24) is 9.78 Å². The van der Waals surface area contributed by atoms with Crippen molar-refractivity contribution in [3.05, 3.63) is 64.3 Å². The number of carbonyl (C=O) groups excluding carboxylic acids is 1. The van der Waals surface area contributed by atoms with E-state index in [-0.39, 0.29) is 17.9 Å². The molecule has 0 unspecified atom stereocenters. The number of aromatic nitrogens is 2. The van der Waals surface area contributed by atoms with E-state index >= 15 is 0 Å². The Balaban J connectivity index is 1.63. The molecular formula is C22H20BrF3N4O3. The normalized spacial score (nSPS) is 17.6. The van der Waals surface area contributed by atoms with Crippen molar-refractivity contribution in [3.63, 3.8) is 0 Å². The van der Waals surface area contributed by atoms with Crippen LogP contribution >= 0.6 is 15.9 Å². The van der Waals surface area contributed by atoms with E-state index in [1.165, 1.54) is 20.3 Å². The topological polar surface area (TPSA) is 77.4 Å². The molecule has 1 aliphatic heterocycles. The molecule has 0 aliphatic carbocycles. The smallest absolute Gasteiger partial charge is 0.410 e. The maximum Gasteiger partial charge on any atom is 0.410 e. The number of rotatable bonds is 5. The van der Waals surface area contributed by atoms with Crippen LogP contribution in [0.3, 0.4) is 0 Å². The number of hydrogen-bond acceptors (Lipinski definition) is 5. The summed E-state index contributed by atoms with van der Waals surface area (Å²) in [5.74, 6) is 0.318. The summed E-state index contributed by atoms with van der Waals surface area (Å²) in [7, 11) is 2.92. The molecular weight excluding hydrogens is 505 g/mol. The maximum absolute atomic E-state index is 13.9. The van der Waals surface area contributed by atoms with Crippen molar-refractivity contribution >= 4 is 33.3 Å². The molecule has 1 aromatic heterocycles. The molecule has 1 amide bonds. The van der Waals surface area contributed by atoms with Gasteiger partial charge in [-0.3, -0.25) is 4.79 Å². The summed E-state index contributed by atoms with van der Waals surface area (Å²) in [6.07, 6.45) is -4.80. The number of ether oxygens (including phenoxy) is 2. The second-order valence-corrected chi connectivity index (χ2v) is 8.34. The van der Waals surface area contributed by atoms with E-state index in [1.807, 2.05) is 0 Å². The van der Waals surface area contributed by atoms with Crippen LogP contribution in [0, 0.1) is 0 Å². The Bertz CT molecular complexity index is 1160. The van der Waals surface area contributed by atoms with Crippen molar-refractivity contribution in [3.8, 4) is 11.5 Å². The molecule has 0 radical (unpaired) electrons. The molecule has 174 valence electrons. The highest BCUT2D eigenvalue weighted by Gasteiger charge is 2.46. The summed E-state index contributed by atoms with van der Waals surface area (Å²) < 4.78 is 53.7. The highest BCUT2D eigenvalue weighted by molar-refractivity contribution is 9.10. The molecule has 11 heteroatoms. The number of hydrogen-bond donors (Lipinski definition) is 2. The Morgan fingerprint density at radius 1 is 1.15 bits per heavy atom. The van der Waals surface area contributed by atoms with Gasteiger partial charge in [-0.15, -0.1) is 0 Å². The Kier molecular flexibility index (Phi) is 6.24. The highest BCUT2D eigenvalue weighted by Crippen LogP contribution is 2.43. The molecule has 0 fully saturated rings. The zero-order valence-electron chi connectivity index (χ0n) is 17.6. The molecule has 2 heterocycles. The molecule has 0 saturated carbocycles. The molecule has 7 nitrogen and oxygen atoms in total. The summed E-state index contributed by atoms with van der Waals surface area (Å²) >= 11 is 3.33. The van der Waals surface area contributed by atoms with Gasteiger partial charge in [0.25, 0.3) is 5.91 Å². The van der Waals surface area contributed by atoms with Crippen molar-refractivity contribution in [2.24, 2.45) is 0 Å². The van der Waals surface area contributed by atoms with Crippen LogP contribution in [0.25, 0.3) is 0 Å². The average Bonchev–Trinajstić information content (AvgIpc) is 3.22. The molecule has 33 heavy (non-hydrogen) atoms. The lowest BCUT2D eigenvalue weighted by Crippen LogP contribution is -2.35. The molecule has 2 atom stereocenters. The third-order valence-corrected chi connectivity index (χ3v) is 5.88. The van der Waals surface area contributed by atoms with Gasteiger partial charge in [-0.1, -0.05) is 28.1 Å². The zero-order valence-corrected chi connectivity index (χ0v) is 19.2. The number of nitrogens with one attached hydrogen (secondary N) is 2. The number of nitrogens with zero attached hydrogens (tertiary/aromatic N) is 2. The molecule has 3 aromatic rings. The van der Waals surface area contributed by atoms with Gasteiger partial charge >= 0.3 is 6.18 Å². The van der Waals surface area contributed by atoms with Crippen LogP contribution in [0.2, 0.25) is 0 Å². The van der Waals surface area contributed by atoms with Gasteiger partial charge in [0.15, 0.2) is 11.7 Å². The van der Waals surface area contributed by atoms with Gasteiger partial charge in [0.2, 0.25) is 0 Å². The predicted octanol–water partition coefficient (Wildman–Crippen LogP) is 5.58. The number of carbonyl (C=O) groups is 1. The van der Waals surface area contributed by atoms with Crippen molar-refractivity contribution < 1.29 is 27.4 Å². The summed E-state index contributed by atoms with van der Waals surface area (Å²) in [5.41, 5.74) is 0.886. The van der Waals surface area contributed by atoms with Gasteiger partial charge in [-0.25, -0.2) is 4.68 Å². The van der Waals surface area contributed by atoms with Crippen LogP contribution in [0.4, 0.5) is 24.7 Å². The van der Waals surface area contributed by atoms with E-state index in [4.69, 9.17) is 9.47 Å². The van der Waals surface area contributed by atoms with E-state index in [1.54, 1.807) is 42.5 Å². The number of anilines is 2. The fourth-order valence-electron chi connectivity index (χ4n) is 3.69. The quantitative estimate of drug-likeness (QED) is 0.455. The largest absolute Gasteiger partial charge is 0.497 e. The summed E-state index contributed by atoms with van der Waals surface area (Å²) in [5, 5.41) is 9.68. The number of alkyl halides is 3. The number of methoxy groups -OCH3 is 2. The van der Waals surface area contributed by atoms with Crippen LogP contribution in [0.1, 0.15) is 34.6 Å². The second-order valence-electron chi connectivity index (χ2n) is 7.42. The molecule has 2 aromatic carbocycles. The lowest BCUT2D eigenvalue weighted by Gasteiger charge is -2.33. The average molecular weight is 525 g/mol. The van der Waals surface area contributed by atoms with E-state index < -0.39 is 24.2 Å². The molecule has 0 spiro atoms. The zero-order chi connectivity index (χ0) is 23.8. The van der Waals surface area contributed by atoms with Gasteiger partial charge in [-0.2, -0.15) is 18.3 Å². The molecule has 4 rings (SSSR count). The van der Waals surface area contributed by atoms with Crippen LogP contribution in [0.15, 0.2) is 53.0 Å². The molecule has 0 bridgehead atoms. The summed E-state index contributed by atoms with van der Waals surface area (Å²) in [6.45, 7) is 0. The first-order chi connectivity index (χ1) is 15.7. The van der Waals surface area contributed by atoms with Gasteiger partial charge in [0.1, 0.15) is 17.3 Å². The summed E-state index contributed by atoms with van der Waals surface area (Å²) in [4.78, 5) is 12.8. The van der Waals surface area contributed by atoms with Crippen molar-refractivity contribution in [2.45, 2.75) is 24.7 Å². The molecule has 0 saturated heterocycles. The van der Waals surface area contributed by atoms with Crippen LogP contribution < -0.4 is 20.1 Å². The van der Waals surface area contributed by atoms with Crippen molar-refractivity contribution in [2.75, 3.05) is 24.9 Å². The highest BCUT2D eigenvalue weighted by atomic mass is 79.9. The standard InChI is InChI=1S/C22H20BrF3N4O3/c1-32-14-7-8-15(18(9-14)33-2)28-21(31)17-11-20-27-16(12-3-5-13(23)6-4-12)10-19(22(24,25)26)30(20)29-17/h3-9,11,16,19,27H,10H2,1-2H3,(H,28,31)/t16-,19+/m1/s1. The Hall–Kier alpha value is -3.21. The molecule has 2 N–H and O–H groups in total. The van der Waals surface area contributed by atoms with E-state index in [0.29, 0.717) is 22.7 Å². The third-order valence-electron chi connectivity index (χ3n) is 5.35. The Morgan fingerprint density at radius 2 is 1.88 bits per heavy atom. The maximum atomic E-state index is 13.9. The predicted molar refractivity (Wildman–Crippen MR) is 120 cm³/mol. The lowest BCUT2D eigenvalue weighted by atomic mass is 9.97. The minimum Gasteiger partial charge on any atom is -0.497 e. The van der Waals surface area contributed by atoms with Crippen LogP contribution in [-0.2, 0) is 0 Å². The van der Waals surface area contributed by atoms with Gasteiger partial charge in [-0.05, 0) is 29.8 Å². The van der Waals surface area contributed by atoms with E-state index in [0.717, 1.165) is 9.15 Å². The monoisotopic (exact) mass is 524 g/mol. The third kappa shape index (κ3) is 4.77. The van der Waals surface area contributed by atoms with Gasteiger partial charge in [0, 0.05) is 23.0 Å². The first-order valence-corrected chi connectivity index (χ1v) is 10.7. The SMILES string of the molecule is COc1ccc(NC(=O)c2cc3n(n2)[C@H](C(F)(F)F)C[C@H](c2ccc(Br)cc2)N3)c(OC)c1. The second kappa shape index (κ2) is 8.97. The number of halogens is 4. The number of amides is 1. The van der Waals surface area contributed by atoms with Crippen molar-refractivity contribution in [1.29, 1.82) is 0 Å². The minimum absolute atomic E-state index is 0.114. The molecule has 1 aliphatic rings. The fourth-order valence-corrected chi connectivity index (χ4v) is 3.95. The van der Waals surface area contributed by atoms with Crippen LogP contribution in [0.5, 0.6) is 11.5 Å². The van der Waals surface area contributed by atoms with Gasteiger partial charge in [0.05, 0.1) is 25.9 Å². The number of benzene rings is 2. The lowest BCUT2D eigenvalue weighted by molar-refractivity contribution is -0.173. The summed E-state index contributed by atoms with van der Waals surface area (Å²) in [6, 6.07) is 10.7. The first-order valence-electron chi connectivity index (χ1n) is 9.91. The van der Waals surface area contributed by atoms with E-state index in [9.17, 15) is 18.0 Å². The fraction of sp³-hybridized carbons (Fsp3) is 0.273. The van der Waals surface area contributed by atoms with E-state index in [2.05, 4.69) is 31.7 Å². The number of fused-ring (bicyclic) bond motifs is 1. The van der Waals surface area contributed by atoms with Gasteiger partial charge < -0.3 is 20.1 Å². The first kappa shape index (κ1) is 23.0. The Morgan fingerprint density at radius 3 is 2.52 bits per heavy atom. The van der Waals surface area contributed by atoms with Crippen LogP contribution in [-0.4, -0.2) is 36.1 Å². The minimum atomic E-state index is -4.54.